The first-order valence-corrected chi connectivity index (χ1v) is 17.4. The summed E-state index contributed by atoms with van der Waals surface area (Å²) in [6.07, 6.45) is 28.1. The molecule has 0 heterocycles. The Kier molecular flexibility index (Phi) is 10.0. The van der Waals surface area contributed by atoms with Crippen LogP contribution in [-0.2, 0) is 0 Å². The van der Waals surface area contributed by atoms with Gasteiger partial charge in [-0.2, -0.15) is 0 Å². The molecule has 0 aromatic rings. The van der Waals surface area contributed by atoms with Gasteiger partial charge in [-0.3, -0.25) is 9.80 Å². The van der Waals surface area contributed by atoms with Crippen LogP contribution in [0.25, 0.3) is 0 Å². The molecule has 0 aromatic heterocycles. The maximum absolute atomic E-state index is 3.25. The van der Waals surface area contributed by atoms with Crippen LogP contribution in [0.2, 0.25) is 0 Å². The third-order valence-corrected chi connectivity index (χ3v) is 12.1. The normalized spacial score (nSPS) is 46.3. The van der Waals surface area contributed by atoms with Gasteiger partial charge in [0.1, 0.15) is 0 Å². The molecule has 0 spiro atoms. The molecule has 5 fully saturated rings. The van der Waals surface area contributed by atoms with Crippen LogP contribution in [0.1, 0.15) is 157 Å². The van der Waals surface area contributed by atoms with Crippen LogP contribution in [0, 0.1) is 29.6 Å². The van der Waals surface area contributed by atoms with E-state index in [-0.39, 0.29) is 0 Å². The molecule has 0 aliphatic heterocycles. The lowest BCUT2D eigenvalue weighted by Gasteiger charge is -2.55. The van der Waals surface area contributed by atoms with Crippen molar-refractivity contribution in [1.29, 1.82) is 0 Å². The molecule has 5 aliphatic carbocycles. The fourth-order valence-electron chi connectivity index (χ4n) is 10.5. The highest BCUT2D eigenvalue weighted by Gasteiger charge is 2.44. The van der Waals surface area contributed by atoms with Gasteiger partial charge in [-0.1, -0.05) is 86.0 Å². The van der Waals surface area contributed by atoms with Gasteiger partial charge in [-0.15, -0.1) is 0 Å². The molecule has 10 atom stereocenters. The third-order valence-electron chi connectivity index (χ3n) is 12.1. The quantitative estimate of drug-likeness (QED) is 0.349. The average molecular weight is 513 g/mol. The van der Waals surface area contributed by atoms with Crippen LogP contribution in [0.5, 0.6) is 0 Å². The Bertz CT molecular complexity index is 591. The molecular weight excluding hydrogens is 448 g/mol. The fraction of sp³-hybridized carbons (Fsp3) is 1.00. The standard InChI is InChI=1S/C35H64N2/c1-25-10-6-14-30(18-25)36(31-15-7-11-26(2)19-31)34-22-29(5)23-35(24-34)37(32-16-8-12-27(3)20-32)33-17-9-13-28(4)21-33/h25-35H,6-24H2,1-5H3. The average Bonchev–Trinajstić information content (AvgIpc) is 2.84. The highest BCUT2D eigenvalue weighted by molar-refractivity contribution is 4.99. The van der Waals surface area contributed by atoms with Gasteiger partial charge in [0.15, 0.2) is 0 Å². The van der Waals surface area contributed by atoms with Gasteiger partial charge >= 0.3 is 0 Å². The highest BCUT2D eigenvalue weighted by atomic mass is 15.3. The van der Waals surface area contributed by atoms with Crippen molar-refractivity contribution in [3.63, 3.8) is 0 Å². The van der Waals surface area contributed by atoms with E-state index < -0.39 is 0 Å². The van der Waals surface area contributed by atoms with Gasteiger partial charge in [0, 0.05) is 36.3 Å². The lowest BCUT2D eigenvalue weighted by atomic mass is 9.74. The van der Waals surface area contributed by atoms with Crippen molar-refractivity contribution in [3.05, 3.63) is 0 Å². The van der Waals surface area contributed by atoms with E-state index in [1.165, 1.54) is 122 Å². The Hall–Kier alpha value is -0.0800. The van der Waals surface area contributed by atoms with Crippen molar-refractivity contribution < 1.29 is 0 Å². The Morgan fingerprint density at radius 3 is 0.838 bits per heavy atom. The van der Waals surface area contributed by atoms with Gasteiger partial charge in [0.05, 0.1) is 0 Å². The first kappa shape index (κ1) is 28.4. The van der Waals surface area contributed by atoms with Gasteiger partial charge in [0.25, 0.3) is 0 Å². The molecule has 2 heteroatoms. The van der Waals surface area contributed by atoms with Crippen LogP contribution >= 0.6 is 0 Å². The molecule has 5 rings (SSSR count). The maximum atomic E-state index is 3.25. The summed E-state index contributed by atoms with van der Waals surface area (Å²) in [5.41, 5.74) is 0. The van der Waals surface area contributed by atoms with E-state index >= 15 is 0 Å². The SMILES string of the molecule is CC1CCCC(N(C2CCCC(C)C2)C2CC(C)CC(N(C3CCCC(C)C3)C3CCCC(C)C3)C2)C1. The minimum Gasteiger partial charge on any atom is -0.294 e. The molecule has 0 N–H and O–H groups in total. The van der Waals surface area contributed by atoms with E-state index in [9.17, 15) is 0 Å². The van der Waals surface area contributed by atoms with Gasteiger partial charge in [0.2, 0.25) is 0 Å². The van der Waals surface area contributed by atoms with Crippen LogP contribution in [0.15, 0.2) is 0 Å². The van der Waals surface area contributed by atoms with Gasteiger partial charge in [-0.05, 0) is 100 Å². The molecule has 0 aromatic carbocycles. The zero-order valence-electron chi connectivity index (χ0n) is 25.7. The van der Waals surface area contributed by atoms with E-state index in [0.717, 1.165) is 65.8 Å². The summed E-state index contributed by atoms with van der Waals surface area (Å²) >= 11 is 0. The van der Waals surface area contributed by atoms with E-state index in [0.29, 0.717) is 0 Å². The second-order valence-electron chi connectivity index (χ2n) is 15.7. The Morgan fingerprint density at radius 2 is 0.568 bits per heavy atom. The van der Waals surface area contributed by atoms with E-state index in [2.05, 4.69) is 44.4 Å². The van der Waals surface area contributed by atoms with Crippen molar-refractivity contribution in [2.24, 2.45) is 29.6 Å². The lowest BCUT2D eigenvalue weighted by molar-refractivity contribution is -0.0485. The Labute approximate surface area is 232 Å². The van der Waals surface area contributed by atoms with Crippen molar-refractivity contribution >= 4 is 0 Å². The lowest BCUT2D eigenvalue weighted by Crippen LogP contribution is -2.59. The molecule has 37 heavy (non-hydrogen) atoms. The highest BCUT2D eigenvalue weighted by Crippen LogP contribution is 2.43. The summed E-state index contributed by atoms with van der Waals surface area (Å²) in [6.45, 7) is 12.8. The summed E-state index contributed by atoms with van der Waals surface area (Å²) in [6, 6.07) is 5.15. The first-order valence-electron chi connectivity index (χ1n) is 17.4. The largest absolute Gasteiger partial charge is 0.294 e. The summed E-state index contributed by atoms with van der Waals surface area (Å²) in [5, 5.41) is 0. The van der Waals surface area contributed by atoms with Crippen molar-refractivity contribution in [2.45, 2.75) is 193 Å². The van der Waals surface area contributed by atoms with E-state index in [1.807, 2.05) is 0 Å². The fourth-order valence-corrected chi connectivity index (χ4v) is 10.5. The number of rotatable bonds is 6. The number of hydrogen-bond donors (Lipinski definition) is 0. The molecule has 214 valence electrons. The molecule has 5 aliphatic rings. The first-order chi connectivity index (χ1) is 17.9. The van der Waals surface area contributed by atoms with Crippen molar-refractivity contribution in [2.75, 3.05) is 0 Å². The van der Waals surface area contributed by atoms with E-state index in [4.69, 9.17) is 0 Å². The van der Waals surface area contributed by atoms with Crippen molar-refractivity contribution in [3.8, 4) is 0 Å². The Morgan fingerprint density at radius 1 is 0.297 bits per heavy atom. The maximum Gasteiger partial charge on any atom is 0.0119 e. The molecule has 10 unspecified atom stereocenters. The number of hydrogen-bond acceptors (Lipinski definition) is 2. The molecule has 2 nitrogen and oxygen atoms in total. The molecule has 0 saturated heterocycles. The summed E-state index contributed by atoms with van der Waals surface area (Å²) in [4.78, 5) is 6.50. The summed E-state index contributed by atoms with van der Waals surface area (Å²) in [5.74, 6) is 4.62. The monoisotopic (exact) mass is 513 g/mol. The molecule has 0 amide bonds. The molecule has 0 bridgehead atoms. The van der Waals surface area contributed by atoms with Crippen LogP contribution in [0.4, 0.5) is 0 Å². The topological polar surface area (TPSA) is 6.48 Å². The number of nitrogens with zero attached hydrogens (tertiary/aromatic N) is 2. The van der Waals surface area contributed by atoms with Gasteiger partial charge in [-0.25, -0.2) is 0 Å². The predicted octanol–water partition coefficient (Wildman–Crippen LogP) is 9.46. The molecule has 0 radical (unpaired) electrons. The van der Waals surface area contributed by atoms with Crippen LogP contribution in [-0.4, -0.2) is 46.1 Å². The van der Waals surface area contributed by atoms with Crippen LogP contribution < -0.4 is 0 Å². The minimum absolute atomic E-state index is 0.837. The molecular formula is C35H64N2. The van der Waals surface area contributed by atoms with Gasteiger partial charge < -0.3 is 0 Å². The summed E-state index contributed by atoms with van der Waals surface area (Å²) < 4.78 is 0. The summed E-state index contributed by atoms with van der Waals surface area (Å²) in [7, 11) is 0. The second-order valence-corrected chi connectivity index (χ2v) is 15.7. The predicted molar refractivity (Wildman–Crippen MR) is 160 cm³/mol. The zero-order chi connectivity index (χ0) is 25.9. The van der Waals surface area contributed by atoms with Crippen molar-refractivity contribution in [1.82, 2.24) is 9.80 Å². The molecule has 5 saturated carbocycles. The minimum atomic E-state index is 0.837. The Balaban J connectivity index is 1.40. The third kappa shape index (κ3) is 7.17. The zero-order valence-corrected chi connectivity index (χ0v) is 25.7. The van der Waals surface area contributed by atoms with E-state index in [1.54, 1.807) is 0 Å². The van der Waals surface area contributed by atoms with Crippen LogP contribution in [0.3, 0.4) is 0 Å². The second kappa shape index (κ2) is 13.1. The smallest absolute Gasteiger partial charge is 0.0119 e.